The third-order valence-electron chi connectivity index (χ3n) is 1.80. The first-order chi connectivity index (χ1) is 6.86. The minimum absolute atomic E-state index is 0.832. The highest BCUT2D eigenvalue weighted by atomic mass is 79.9. The molecule has 1 aromatic carbocycles. The predicted molar refractivity (Wildman–Crippen MR) is 61.7 cm³/mol. The third kappa shape index (κ3) is 2.12. The molecule has 1 heterocycles. The van der Waals surface area contributed by atoms with Crippen LogP contribution in [0.25, 0.3) is 0 Å². The van der Waals surface area contributed by atoms with Crippen LogP contribution < -0.4 is 5.32 Å². The maximum atomic E-state index is 4.22. The molecule has 14 heavy (non-hydrogen) atoms. The largest absolute Gasteiger partial charge is 0.339 e. The van der Waals surface area contributed by atoms with Gasteiger partial charge in [0.05, 0.1) is 4.47 Å². The lowest BCUT2D eigenvalue weighted by Crippen LogP contribution is -1.93. The third-order valence-corrected chi connectivity index (χ3v) is 2.43. The zero-order valence-corrected chi connectivity index (χ0v) is 9.03. The zero-order valence-electron chi connectivity index (χ0n) is 7.44. The first-order valence-corrected chi connectivity index (χ1v) is 5.08. The van der Waals surface area contributed by atoms with E-state index in [1.54, 1.807) is 6.20 Å². The molecule has 1 N–H and O–H groups in total. The van der Waals surface area contributed by atoms with Crippen LogP contribution in [0.2, 0.25) is 0 Å². The van der Waals surface area contributed by atoms with E-state index in [4.69, 9.17) is 0 Å². The average molecular weight is 249 g/mol. The molecule has 1 aromatic heterocycles. The molecular formula is C11H9BrN2. The normalized spacial score (nSPS) is 9.79. The molecule has 0 aliphatic heterocycles. The molecule has 0 fully saturated rings. The van der Waals surface area contributed by atoms with E-state index in [1.807, 2.05) is 42.5 Å². The van der Waals surface area contributed by atoms with Crippen molar-refractivity contribution in [2.24, 2.45) is 0 Å². The summed E-state index contributed by atoms with van der Waals surface area (Å²) in [5.74, 6) is 0.832. The molecule has 0 aliphatic carbocycles. The summed E-state index contributed by atoms with van der Waals surface area (Å²) < 4.78 is 0.962. The van der Waals surface area contributed by atoms with E-state index in [2.05, 4.69) is 26.2 Å². The van der Waals surface area contributed by atoms with Crippen molar-refractivity contribution in [2.75, 3.05) is 5.32 Å². The maximum Gasteiger partial charge on any atom is 0.144 e. The van der Waals surface area contributed by atoms with Gasteiger partial charge >= 0.3 is 0 Å². The van der Waals surface area contributed by atoms with Gasteiger partial charge in [-0.1, -0.05) is 18.2 Å². The van der Waals surface area contributed by atoms with E-state index in [9.17, 15) is 0 Å². The summed E-state index contributed by atoms with van der Waals surface area (Å²) in [5.41, 5.74) is 1.03. The average Bonchev–Trinajstić information content (AvgIpc) is 2.23. The van der Waals surface area contributed by atoms with Crippen molar-refractivity contribution in [3.8, 4) is 0 Å². The van der Waals surface area contributed by atoms with Gasteiger partial charge < -0.3 is 5.32 Å². The molecule has 3 heteroatoms. The van der Waals surface area contributed by atoms with Crippen LogP contribution in [0.15, 0.2) is 53.1 Å². The number of halogens is 1. The summed E-state index contributed by atoms with van der Waals surface area (Å²) in [6.07, 6.45) is 1.76. The predicted octanol–water partition coefficient (Wildman–Crippen LogP) is 3.59. The number of nitrogens with one attached hydrogen (secondary N) is 1. The standard InChI is InChI=1S/C11H9BrN2/c12-10-7-4-8-13-11(10)14-9-5-2-1-3-6-9/h1-8H,(H,13,14). The lowest BCUT2D eigenvalue weighted by atomic mass is 10.3. The topological polar surface area (TPSA) is 24.9 Å². The Labute approximate surface area is 91.1 Å². The minimum atomic E-state index is 0.832. The quantitative estimate of drug-likeness (QED) is 0.879. The summed E-state index contributed by atoms with van der Waals surface area (Å²) in [4.78, 5) is 4.22. The number of pyridine rings is 1. The highest BCUT2D eigenvalue weighted by Crippen LogP contribution is 2.22. The van der Waals surface area contributed by atoms with Crippen LogP contribution in [0.1, 0.15) is 0 Å². The van der Waals surface area contributed by atoms with Crippen LogP contribution in [-0.2, 0) is 0 Å². The smallest absolute Gasteiger partial charge is 0.144 e. The Morgan fingerprint density at radius 3 is 2.50 bits per heavy atom. The molecule has 2 aromatic rings. The van der Waals surface area contributed by atoms with Crippen LogP contribution in [0.4, 0.5) is 11.5 Å². The van der Waals surface area contributed by atoms with Gasteiger partial charge in [-0.05, 0) is 40.2 Å². The Balaban J connectivity index is 2.24. The molecule has 2 rings (SSSR count). The van der Waals surface area contributed by atoms with Gasteiger partial charge in [0.2, 0.25) is 0 Å². The molecule has 0 bridgehead atoms. The second-order valence-electron chi connectivity index (χ2n) is 2.82. The fourth-order valence-corrected chi connectivity index (χ4v) is 1.49. The van der Waals surface area contributed by atoms with E-state index < -0.39 is 0 Å². The second-order valence-corrected chi connectivity index (χ2v) is 3.68. The molecule has 0 saturated carbocycles. The van der Waals surface area contributed by atoms with Gasteiger partial charge in [-0.15, -0.1) is 0 Å². The number of hydrogen-bond donors (Lipinski definition) is 1. The maximum absolute atomic E-state index is 4.22. The van der Waals surface area contributed by atoms with Gasteiger partial charge in [-0.2, -0.15) is 0 Å². The number of rotatable bonds is 2. The number of hydrogen-bond acceptors (Lipinski definition) is 2. The molecule has 70 valence electrons. The number of anilines is 2. The number of para-hydroxylation sites is 1. The molecule has 0 aliphatic rings. The Bertz CT molecular complexity index is 415. The highest BCUT2D eigenvalue weighted by molar-refractivity contribution is 9.10. The van der Waals surface area contributed by atoms with E-state index in [-0.39, 0.29) is 0 Å². The lowest BCUT2D eigenvalue weighted by molar-refractivity contribution is 1.29. The fourth-order valence-electron chi connectivity index (χ4n) is 1.14. The number of nitrogens with zero attached hydrogens (tertiary/aromatic N) is 1. The SMILES string of the molecule is Brc1cccnc1Nc1ccccc1. The van der Waals surface area contributed by atoms with Gasteiger partial charge in [0.15, 0.2) is 0 Å². The second kappa shape index (κ2) is 4.24. The van der Waals surface area contributed by atoms with Crippen LogP contribution in [0.3, 0.4) is 0 Å². The van der Waals surface area contributed by atoms with Crippen molar-refractivity contribution < 1.29 is 0 Å². The van der Waals surface area contributed by atoms with E-state index in [0.29, 0.717) is 0 Å². The number of aromatic nitrogens is 1. The Morgan fingerprint density at radius 2 is 1.79 bits per heavy atom. The highest BCUT2D eigenvalue weighted by Gasteiger charge is 1.98. The van der Waals surface area contributed by atoms with Crippen molar-refractivity contribution in [3.63, 3.8) is 0 Å². The van der Waals surface area contributed by atoms with Gasteiger partial charge in [0, 0.05) is 11.9 Å². The summed E-state index contributed by atoms with van der Waals surface area (Å²) in [6, 6.07) is 13.8. The lowest BCUT2D eigenvalue weighted by Gasteiger charge is -2.06. The summed E-state index contributed by atoms with van der Waals surface area (Å²) in [5, 5.41) is 3.21. The molecule has 2 nitrogen and oxygen atoms in total. The van der Waals surface area contributed by atoms with Crippen molar-refractivity contribution in [1.82, 2.24) is 4.98 Å². The van der Waals surface area contributed by atoms with Crippen molar-refractivity contribution in [1.29, 1.82) is 0 Å². The van der Waals surface area contributed by atoms with Crippen LogP contribution >= 0.6 is 15.9 Å². The molecule has 0 unspecified atom stereocenters. The van der Waals surface area contributed by atoms with Crippen molar-refractivity contribution in [2.45, 2.75) is 0 Å². The number of benzene rings is 1. The van der Waals surface area contributed by atoms with E-state index in [1.165, 1.54) is 0 Å². The Kier molecular flexibility index (Phi) is 2.79. The fraction of sp³-hybridized carbons (Fsp3) is 0. The van der Waals surface area contributed by atoms with Crippen molar-refractivity contribution in [3.05, 3.63) is 53.1 Å². The first kappa shape index (κ1) is 9.21. The zero-order chi connectivity index (χ0) is 9.80. The van der Waals surface area contributed by atoms with E-state index in [0.717, 1.165) is 16.0 Å². The molecule has 0 atom stereocenters. The summed E-state index contributed by atoms with van der Waals surface area (Å²) in [6.45, 7) is 0. The Morgan fingerprint density at radius 1 is 1.00 bits per heavy atom. The first-order valence-electron chi connectivity index (χ1n) is 4.29. The molecule has 0 spiro atoms. The molecule has 0 amide bonds. The molecule has 0 radical (unpaired) electrons. The van der Waals surface area contributed by atoms with Gasteiger partial charge in [-0.3, -0.25) is 0 Å². The summed E-state index contributed by atoms with van der Waals surface area (Å²) in [7, 11) is 0. The van der Waals surface area contributed by atoms with Gasteiger partial charge in [0.1, 0.15) is 5.82 Å². The molecule has 0 saturated heterocycles. The monoisotopic (exact) mass is 248 g/mol. The Hall–Kier alpha value is -1.35. The molecular weight excluding hydrogens is 240 g/mol. The van der Waals surface area contributed by atoms with Gasteiger partial charge in [0.25, 0.3) is 0 Å². The van der Waals surface area contributed by atoms with E-state index >= 15 is 0 Å². The minimum Gasteiger partial charge on any atom is -0.339 e. The van der Waals surface area contributed by atoms with Gasteiger partial charge in [-0.25, -0.2) is 4.98 Å². The van der Waals surface area contributed by atoms with Crippen molar-refractivity contribution >= 4 is 27.4 Å². The summed E-state index contributed by atoms with van der Waals surface area (Å²) >= 11 is 3.43. The van der Waals surface area contributed by atoms with Crippen LogP contribution in [0.5, 0.6) is 0 Å². The van der Waals surface area contributed by atoms with Crippen LogP contribution in [0, 0.1) is 0 Å². The van der Waals surface area contributed by atoms with Crippen LogP contribution in [-0.4, -0.2) is 4.98 Å².